The first-order chi connectivity index (χ1) is 17.6. The van der Waals surface area contributed by atoms with Crippen molar-refractivity contribution in [2.24, 2.45) is 5.92 Å². The molecule has 0 spiro atoms. The predicted octanol–water partition coefficient (Wildman–Crippen LogP) is 4.89. The van der Waals surface area contributed by atoms with Crippen molar-refractivity contribution >= 4 is 45.7 Å². The molecule has 2 aliphatic rings. The van der Waals surface area contributed by atoms with E-state index in [4.69, 9.17) is 11.6 Å². The maximum absolute atomic E-state index is 12.9. The van der Waals surface area contributed by atoms with Gasteiger partial charge in [0.25, 0.3) is 0 Å². The van der Waals surface area contributed by atoms with Gasteiger partial charge in [-0.05, 0) is 55.0 Å². The minimum Gasteiger partial charge on any atom is -0.364 e. The monoisotopic (exact) mass is 498 g/mol. The van der Waals surface area contributed by atoms with E-state index in [-0.39, 0.29) is 17.7 Å². The molecule has 7 rings (SSSR count). The number of anilines is 2. The van der Waals surface area contributed by atoms with Gasteiger partial charge in [0, 0.05) is 46.4 Å². The third kappa shape index (κ3) is 4.05. The fourth-order valence-electron chi connectivity index (χ4n) is 4.82. The molecule has 0 bridgehead atoms. The number of H-pyrrole nitrogens is 1. The highest BCUT2D eigenvalue weighted by atomic mass is 35.5. The molecular formula is C26H23ClN8O. The van der Waals surface area contributed by atoms with Crippen LogP contribution in [-0.2, 0) is 11.3 Å². The predicted molar refractivity (Wildman–Crippen MR) is 137 cm³/mol. The minimum absolute atomic E-state index is 0.0683. The summed E-state index contributed by atoms with van der Waals surface area (Å²) < 4.78 is 2.08. The fraction of sp³-hybridized carbons (Fsp3) is 0.269. The molecular weight excluding hydrogens is 476 g/mol. The Bertz CT molecular complexity index is 1620. The number of hydrogen-bond acceptors (Lipinski definition) is 6. The number of nitrogens with zero attached hydrogens (tertiary/aromatic N) is 5. The van der Waals surface area contributed by atoms with Gasteiger partial charge in [0.15, 0.2) is 0 Å². The number of carbonyl (C=O) groups excluding carboxylic acids is 1. The van der Waals surface area contributed by atoms with E-state index in [2.05, 4.69) is 58.5 Å². The van der Waals surface area contributed by atoms with Gasteiger partial charge in [-0.1, -0.05) is 17.7 Å². The lowest BCUT2D eigenvalue weighted by atomic mass is 10.1. The van der Waals surface area contributed by atoms with Gasteiger partial charge >= 0.3 is 0 Å². The molecule has 36 heavy (non-hydrogen) atoms. The van der Waals surface area contributed by atoms with Gasteiger partial charge in [0.05, 0.1) is 17.8 Å². The van der Waals surface area contributed by atoms with Gasteiger partial charge in [0.2, 0.25) is 5.91 Å². The van der Waals surface area contributed by atoms with Crippen molar-refractivity contribution in [3.63, 3.8) is 0 Å². The summed E-state index contributed by atoms with van der Waals surface area (Å²) >= 11 is 6.15. The second kappa shape index (κ2) is 8.30. The second-order valence-corrected chi connectivity index (χ2v) is 10.0. The van der Waals surface area contributed by atoms with Gasteiger partial charge in [-0.3, -0.25) is 9.89 Å². The van der Waals surface area contributed by atoms with E-state index in [1.165, 1.54) is 24.7 Å². The van der Waals surface area contributed by atoms with Crippen LogP contribution in [0.25, 0.3) is 16.6 Å². The van der Waals surface area contributed by atoms with E-state index >= 15 is 0 Å². The summed E-state index contributed by atoms with van der Waals surface area (Å²) in [4.78, 5) is 26.1. The Hall–Kier alpha value is -3.98. The average molecular weight is 499 g/mol. The summed E-state index contributed by atoms with van der Waals surface area (Å²) in [5.41, 5.74) is 5.02. The van der Waals surface area contributed by atoms with Crippen molar-refractivity contribution in [1.82, 2.24) is 29.5 Å². The standard InChI is InChI=1S/C26H23ClN8O/c27-16-4-5-21-20(7-16)25(34-33-21)18-8-19(18)26(36)32-23-9-22(29-13-30-23)28-10-17-12-35-11-15(14-1-2-14)3-6-24(35)31-17/h3-7,9,11-14,18-19H,1-2,8,10H2,(H,33,34)(H2,28,29,30,32,36)/t18-,19-/m0/s1. The molecule has 2 fully saturated rings. The number of rotatable bonds is 7. The molecule has 2 aliphatic carbocycles. The number of aromatic nitrogens is 6. The highest BCUT2D eigenvalue weighted by Crippen LogP contribution is 2.49. The van der Waals surface area contributed by atoms with Crippen LogP contribution in [0.5, 0.6) is 0 Å². The normalized spacial score (nSPS) is 19.0. The molecule has 3 N–H and O–H groups in total. The largest absolute Gasteiger partial charge is 0.364 e. The maximum Gasteiger partial charge on any atom is 0.229 e. The first kappa shape index (κ1) is 21.3. The molecule has 1 amide bonds. The number of aromatic amines is 1. The Labute approximate surface area is 211 Å². The van der Waals surface area contributed by atoms with Crippen molar-refractivity contribution < 1.29 is 4.79 Å². The molecule has 0 unspecified atom stereocenters. The zero-order chi connectivity index (χ0) is 24.2. The van der Waals surface area contributed by atoms with E-state index in [1.54, 1.807) is 6.07 Å². The summed E-state index contributed by atoms with van der Waals surface area (Å²) in [5, 5.41) is 15.2. The number of imidazole rings is 1. The van der Waals surface area contributed by atoms with Crippen LogP contribution in [0.15, 0.2) is 55.1 Å². The Morgan fingerprint density at radius 2 is 2.00 bits per heavy atom. The van der Waals surface area contributed by atoms with Crippen LogP contribution in [0.2, 0.25) is 5.02 Å². The third-order valence-corrected chi connectivity index (χ3v) is 7.22. The molecule has 5 aromatic rings. The fourth-order valence-corrected chi connectivity index (χ4v) is 4.99. The molecule has 9 nitrogen and oxygen atoms in total. The number of fused-ring (bicyclic) bond motifs is 2. The molecule has 10 heteroatoms. The van der Waals surface area contributed by atoms with Crippen LogP contribution in [0.1, 0.15) is 48.0 Å². The number of pyridine rings is 1. The molecule has 4 aromatic heterocycles. The Balaban J connectivity index is 0.996. The summed E-state index contributed by atoms with van der Waals surface area (Å²) in [6.07, 6.45) is 8.96. The molecule has 0 aliphatic heterocycles. The summed E-state index contributed by atoms with van der Waals surface area (Å²) in [7, 11) is 0. The quantitative estimate of drug-likeness (QED) is 0.294. The van der Waals surface area contributed by atoms with Gasteiger partial charge in [0.1, 0.15) is 23.6 Å². The number of halogens is 1. The van der Waals surface area contributed by atoms with Crippen LogP contribution < -0.4 is 10.6 Å². The van der Waals surface area contributed by atoms with Crippen molar-refractivity contribution in [1.29, 1.82) is 0 Å². The van der Waals surface area contributed by atoms with Crippen molar-refractivity contribution in [2.75, 3.05) is 10.6 Å². The molecule has 180 valence electrons. The van der Waals surface area contributed by atoms with Crippen LogP contribution in [-0.4, -0.2) is 35.5 Å². The Morgan fingerprint density at radius 1 is 1.11 bits per heavy atom. The summed E-state index contributed by atoms with van der Waals surface area (Å²) in [5.74, 6) is 1.67. The molecule has 0 saturated heterocycles. The van der Waals surface area contributed by atoms with E-state index in [1.807, 2.05) is 24.4 Å². The number of carbonyl (C=O) groups is 1. The zero-order valence-corrected chi connectivity index (χ0v) is 20.0. The van der Waals surface area contributed by atoms with E-state index in [9.17, 15) is 4.79 Å². The van der Waals surface area contributed by atoms with Crippen LogP contribution >= 0.6 is 11.6 Å². The maximum atomic E-state index is 12.9. The van der Waals surface area contributed by atoms with Crippen molar-refractivity contribution in [3.8, 4) is 0 Å². The highest BCUT2D eigenvalue weighted by molar-refractivity contribution is 6.31. The molecule has 0 radical (unpaired) electrons. The first-order valence-corrected chi connectivity index (χ1v) is 12.5. The van der Waals surface area contributed by atoms with Gasteiger partial charge < -0.3 is 15.0 Å². The van der Waals surface area contributed by atoms with E-state index in [0.29, 0.717) is 29.1 Å². The summed E-state index contributed by atoms with van der Waals surface area (Å²) in [6, 6.07) is 11.6. The molecule has 1 aromatic carbocycles. The first-order valence-electron chi connectivity index (χ1n) is 12.1. The summed E-state index contributed by atoms with van der Waals surface area (Å²) in [6.45, 7) is 0.519. The molecule has 2 atom stereocenters. The van der Waals surface area contributed by atoms with Crippen LogP contribution in [0, 0.1) is 5.92 Å². The van der Waals surface area contributed by atoms with Crippen LogP contribution in [0.3, 0.4) is 0 Å². The lowest BCUT2D eigenvalue weighted by molar-refractivity contribution is -0.117. The second-order valence-electron chi connectivity index (χ2n) is 9.61. The Kier molecular flexibility index (Phi) is 4.92. The highest BCUT2D eigenvalue weighted by Gasteiger charge is 2.46. The van der Waals surface area contributed by atoms with Crippen molar-refractivity contribution in [2.45, 2.75) is 37.6 Å². The number of hydrogen-bond donors (Lipinski definition) is 3. The van der Waals surface area contributed by atoms with Crippen LogP contribution in [0.4, 0.5) is 11.6 Å². The zero-order valence-electron chi connectivity index (χ0n) is 19.3. The Morgan fingerprint density at radius 3 is 2.89 bits per heavy atom. The van der Waals surface area contributed by atoms with Crippen molar-refractivity contribution in [3.05, 3.63) is 77.1 Å². The van der Waals surface area contributed by atoms with E-state index < -0.39 is 0 Å². The van der Waals surface area contributed by atoms with Gasteiger partial charge in [-0.2, -0.15) is 5.10 Å². The third-order valence-electron chi connectivity index (χ3n) is 6.99. The average Bonchev–Trinajstić information content (AvgIpc) is 3.80. The number of nitrogens with one attached hydrogen (secondary N) is 3. The molecule has 4 heterocycles. The lowest BCUT2D eigenvalue weighted by Gasteiger charge is -2.07. The smallest absolute Gasteiger partial charge is 0.229 e. The van der Waals surface area contributed by atoms with Gasteiger partial charge in [-0.25, -0.2) is 15.0 Å². The lowest BCUT2D eigenvalue weighted by Crippen LogP contribution is -2.16. The SMILES string of the molecule is O=C(Nc1cc(NCc2cn3cc(C4CC4)ccc3n2)ncn1)[C@H]1C[C@@H]1c1[nH]nc2ccc(Cl)cc12. The van der Waals surface area contributed by atoms with Gasteiger partial charge in [-0.15, -0.1) is 0 Å². The number of benzene rings is 1. The molecule has 2 saturated carbocycles. The number of amides is 1. The minimum atomic E-state index is -0.141. The topological polar surface area (TPSA) is 113 Å². The van der Waals surface area contributed by atoms with E-state index in [0.717, 1.165) is 34.4 Å².